The Bertz CT molecular complexity index is 631. The number of ether oxygens (including phenoxy) is 2. The van der Waals surface area contributed by atoms with E-state index in [1.165, 1.54) is 0 Å². The fourth-order valence-electron chi connectivity index (χ4n) is 3.57. The van der Waals surface area contributed by atoms with Gasteiger partial charge < -0.3 is 14.6 Å². The molecule has 1 aromatic rings. The molecule has 2 aliphatic rings. The van der Waals surface area contributed by atoms with Crippen LogP contribution in [0.5, 0.6) is 5.75 Å². The Kier molecular flexibility index (Phi) is 4.26. The largest absolute Gasteiger partial charge is 0.508 e. The van der Waals surface area contributed by atoms with E-state index in [-0.39, 0.29) is 30.2 Å². The van der Waals surface area contributed by atoms with Gasteiger partial charge in [0.05, 0.1) is 0 Å². The minimum absolute atomic E-state index is 0.0952. The van der Waals surface area contributed by atoms with Crippen LogP contribution in [0.3, 0.4) is 0 Å². The van der Waals surface area contributed by atoms with Crippen LogP contribution in [0.4, 0.5) is 0 Å². The minimum Gasteiger partial charge on any atom is -0.508 e. The van der Waals surface area contributed by atoms with Gasteiger partial charge in [0.15, 0.2) is 12.6 Å². The molecule has 0 aromatic heterocycles. The smallest absolute Gasteiger partial charge is 0.189 e. The van der Waals surface area contributed by atoms with Gasteiger partial charge >= 0.3 is 0 Å². The highest BCUT2D eigenvalue weighted by Crippen LogP contribution is 2.46. The van der Waals surface area contributed by atoms with Crippen molar-refractivity contribution in [1.82, 2.24) is 0 Å². The molecular formula is C19H22O4. The van der Waals surface area contributed by atoms with Gasteiger partial charge in [0.25, 0.3) is 0 Å². The van der Waals surface area contributed by atoms with Crippen molar-refractivity contribution < 1.29 is 19.4 Å². The summed E-state index contributed by atoms with van der Waals surface area (Å²) in [7, 11) is 0. The monoisotopic (exact) mass is 314 g/mol. The number of phenolic OH excluding ortho intramolecular Hbond substituents is 1. The molecule has 3 atom stereocenters. The zero-order chi connectivity index (χ0) is 16.4. The molecule has 1 heterocycles. The summed E-state index contributed by atoms with van der Waals surface area (Å²) in [6, 6.07) is 7.20. The van der Waals surface area contributed by atoms with Gasteiger partial charge in [-0.2, -0.15) is 0 Å². The SMILES string of the molecule is C=CC[C@H]1C[C@]2(C(C)Cc3ccc(O)cc3)OCOC2=CC1=O. The highest BCUT2D eigenvalue weighted by Gasteiger charge is 2.51. The van der Waals surface area contributed by atoms with Crippen LogP contribution in [0.15, 0.2) is 48.8 Å². The lowest BCUT2D eigenvalue weighted by Crippen LogP contribution is -2.44. The number of phenols is 1. The fourth-order valence-corrected chi connectivity index (χ4v) is 3.57. The van der Waals surface area contributed by atoms with Gasteiger partial charge in [-0.3, -0.25) is 4.79 Å². The zero-order valence-corrected chi connectivity index (χ0v) is 13.3. The average Bonchev–Trinajstić information content (AvgIpc) is 2.94. The van der Waals surface area contributed by atoms with Gasteiger partial charge in [0.1, 0.15) is 17.1 Å². The Balaban J connectivity index is 1.85. The number of carbonyl (C=O) groups is 1. The predicted molar refractivity (Wildman–Crippen MR) is 86.8 cm³/mol. The summed E-state index contributed by atoms with van der Waals surface area (Å²) in [5, 5.41) is 9.41. The lowest BCUT2D eigenvalue weighted by atomic mass is 9.71. The molecule has 0 saturated carbocycles. The van der Waals surface area contributed by atoms with Crippen LogP contribution in [-0.4, -0.2) is 23.3 Å². The molecule has 0 spiro atoms. The quantitative estimate of drug-likeness (QED) is 0.847. The maximum Gasteiger partial charge on any atom is 0.189 e. The molecule has 0 radical (unpaired) electrons. The van der Waals surface area contributed by atoms with E-state index >= 15 is 0 Å². The molecule has 122 valence electrons. The third-order valence-electron chi connectivity index (χ3n) is 4.90. The molecule has 4 heteroatoms. The van der Waals surface area contributed by atoms with E-state index in [0.717, 1.165) is 12.0 Å². The molecule has 1 unspecified atom stereocenters. The predicted octanol–water partition coefficient (Wildman–Crippen LogP) is 3.36. The first kappa shape index (κ1) is 15.8. The molecule has 1 aliphatic carbocycles. The number of rotatable bonds is 5. The number of hydrogen-bond acceptors (Lipinski definition) is 4. The highest BCUT2D eigenvalue weighted by atomic mass is 16.7. The standard InChI is InChI=1S/C19H22O4/c1-3-4-15-11-19(18(10-17(15)21)22-12-23-19)13(2)9-14-5-7-16(20)8-6-14/h3,5-8,10,13,15,20H,1,4,9,11-12H2,2H3/t13?,15-,19+/m0/s1. The van der Waals surface area contributed by atoms with Crippen LogP contribution in [-0.2, 0) is 20.7 Å². The van der Waals surface area contributed by atoms with E-state index in [9.17, 15) is 9.90 Å². The maximum absolute atomic E-state index is 12.2. The molecule has 0 amide bonds. The van der Waals surface area contributed by atoms with Crippen molar-refractivity contribution in [2.75, 3.05) is 6.79 Å². The van der Waals surface area contributed by atoms with Gasteiger partial charge in [-0.05, 0) is 42.9 Å². The Labute approximate surface area is 136 Å². The first-order valence-electron chi connectivity index (χ1n) is 7.97. The second-order valence-corrected chi connectivity index (χ2v) is 6.40. The summed E-state index contributed by atoms with van der Waals surface area (Å²) in [5.41, 5.74) is 0.580. The summed E-state index contributed by atoms with van der Waals surface area (Å²) < 4.78 is 11.6. The second kappa shape index (κ2) is 6.20. The molecule has 1 N–H and O–H groups in total. The van der Waals surface area contributed by atoms with Crippen LogP contribution in [0.2, 0.25) is 0 Å². The minimum atomic E-state index is -0.542. The first-order valence-corrected chi connectivity index (χ1v) is 7.97. The molecular weight excluding hydrogens is 292 g/mol. The summed E-state index contributed by atoms with van der Waals surface area (Å²) in [4.78, 5) is 12.2. The molecule has 1 fully saturated rings. The maximum atomic E-state index is 12.2. The first-order chi connectivity index (χ1) is 11.0. The third kappa shape index (κ3) is 2.91. The number of aromatic hydroxyl groups is 1. The molecule has 1 aromatic carbocycles. The molecule has 1 aliphatic heterocycles. The van der Waals surface area contributed by atoms with E-state index in [4.69, 9.17) is 9.47 Å². The third-order valence-corrected chi connectivity index (χ3v) is 4.90. The average molecular weight is 314 g/mol. The van der Waals surface area contributed by atoms with Gasteiger partial charge in [0.2, 0.25) is 0 Å². The van der Waals surface area contributed by atoms with E-state index in [0.29, 0.717) is 18.6 Å². The molecule has 1 saturated heterocycles. The molecule has 0 bridgehead atoms. The van der Waals surface area contributed by atoms with Crippen molar-refractivity contribution >= 4 is 5.78 Å². The Morgan fingerprint density at radius 1 is 1.43 bits per heavy atom. The van der Waals surface area contributed by atoms with Crippen LogP contribution >= 0.6 is 0 Å². The normalized spacial score (nSPS) is 27.8. The topological polar surface area (TPSA) is 55.8 Å². The Hall–Kier alpha value is -2.07. The van der Waals surface area contributed by atoms with Crippen LogP contribution < -0.4 is 0 Å². The van der Waals surface area contributed by atoms with E-state index in [2.05, 4.69) is 13.5 Å². The van der Waals surface area contributed by atoms with Crippen LogP contribution in [0.25, 0.3) is 0 Å². The fraction of sp³-hybridized carbons (Fsp3) is 0.421. The molecule has 4 nitrogen and oxygen atoms in total. The summed E-state index contributed by atoms with van der Waals surface area (Å²) in [6.07, 6.45) is 5.46. The molecule has 23 heavy (non-hydrogen) atoms. The van der Waals surface area contributed by atoms with E-state index in [1.807, 2.05) is 12.1 Å². The summed E-state index contributed by atoms with van der Waals surface area (Å²) in [5.74, 6) is 1.07. The number of hydrogen-bond donors (Lipinski definition) is 1. The second-order valence-electron chi connectivity index (χ2n) is 6.40. The van der Waals surface area contributed by atoms with Gasteiger partial charge in [0, 0.05) is 12.0 Å². The summed E-state index contributed by atoms with van der Waals surface area (Å²) >= 11 is 0. The van der Waals surface area contributed by atoms with Crippen molar-refractivity contribution in [2.45, 2.75) is 31.8 Å². The number of ketones is 1. The Morgan fingerprint density at radius 3 is 2.87 bits per heavy atom. The molecule has 3 rings (SSSR count). The summed E-state index contributed by atoms with van der Waals surface area (Å²) in [6.45, 7) is 6.07. The Morgan fingerprint density at radius 2 is 2.17 bits per heavy atom. The number of allylic oxidation sites excluding steroid dienone is 2. The lowest BCUT2D eigenvalue weighted by Gasteiger charge is -2.38. The van der Waals surface area contributed by atoms with E-state index < -0.39 is 5.60 Å². The van der Waals surface area contributed by atoms with Crippen molar-refractivity contribution in [3.63, 3.8) is 0 Å². The zero-order valence-electron chi connectivity index (χ0n) is 13.3. The van der Waals surface area contributed by atoms with Crippen molar-refractivity contribution in [1.29, 1.82) is 0 Å². The van der Waals surface area contributed by atoms with Gasteiger partial charge in [-0.15, -0.1) is 6.58 Å². The number of fused-ring (bicyclic) bond motifs is 1. The number of carbonyl (C=O) groups excluding carboxylic acids is 1. The van der Waals surface area contributed by atoms with Crippen LogP contribution in [0, 0.1) is 11.8 Å². The highest BCUT2D eigenvalue weighted by molar-refractivity contribution is 5.93. The number of benzene rings is 1. The van der Waals surface area contributed by atoms with Crippen molar-refractivity contribution in [2.24, 2.45) is 11.8 Å². The van der Waals surface area contributed by atoms with Gasteiger partial charge in [-0.25, -0.2) is 0 Å². The van der Waals surface area contributed by atoms with E-state index in [1.54, 1.807) is 24.3 Å². The van der Waals surface area contributed by atoms with Crippen LogP contribution in [0.1, 0.15) is 25.3 Å². The van der Waals surface area contributed by atoms with Crippen molar-refractivity contribution in [3.8, 4) is 5.75 Å². The van der Waals surface area contributed by atoms with Crippen molar-refractivity contribution in [3.05, 3.63) is 54.3 Å². The lowest BCUT2D eigenvalue weighted by molar-refractivity contribution is -0.123. The van der Waals surface area contributed by atoms with Gasteiger partial charge in [-0.1, -0.05) is 25.1 Å².